The molecule has 0 aliphatic carbocycles. The van der Waals surface area contributed by atoms with Gasteiger partial charge in [0.2, 0.25) is 5.91 Å². The van der Waals surface area contributed by atoms with Gasteiger partial charge in [0, 0.05) is 36.8 Å². The number of nitrogens with zero attached hydrogens (tertiary/aromatic N) is 1. The van der Waals surface area contributed by atoms with Gasteiger partial charge < -0.3 is 16.0 Å². The maximum Gasteiger partial charge on any atom is 0.226 e. The van der Waals surface area contributed by atoms with Crippen molar-refractivity contribution in [3.05, 3.63) is 64.7 Å². The number of amides is 1. The number of anilines is 1. The Bertz CT molecular complexity index is 746. The van der Waals surface area contributed by atoms with Crippen LogP contribution in [0.3, 0.4) is 0 Å². The van der Waals surface area contributed by atoms with Gasteiger partial charge in [-0.05, 0) is 35.4 Å². The van der Waals surface area contributed by atoms with Crippen molar-refractivity contribution in [3.63, 3.8) is 0 Å². The molecule has 0 saturated carbocycles. The van der Waals surface area contributed by atoms with Crippen LogP contribution in [0.5, 0.6) is 0 Å². The van der Waals surface area contributed by atoms with E-state index in [0.717, 1.165) is 27.8 Å². The number of halogens is 2. The van der Waals surface area contributed by atoms with Gasteiger partial charge in [-0.2, -0.15) is 0 Å². The molecular formula is C20H26ClIN4O. The molecule has 0 aliphatic heterocycles. The monoisotopic (exact) mass is 500 g/mol. The van der Waals surface area contributed by atoms with Crippen LogP contribution in [0.4, 0.5) is 5.69 Å². The third kappa shape index (κ3) is 8.17. The topological polar surface area (TPSA) is 65.5 Å². The standard InChI is InChI=1S/C20H25ClN4O.HI/c1-14(2)19(26)25-18-10-6-16(7-11-18)13-24-20(22-3)23-12-15-4-8-17(21)9-5-15;/h4-11,14H,12-13H2,1-3H3,(H,25,26)(H2,22,23,24);1H. The van der Waals surface area contributed by atoms with E-state index in [1.807, 2.05) is 62.4 Å². The van der Waals surface area contributed by atoms with Gasteiger partial charge in [-0.3, -0.25) is 9.79 Å². The summed E-state index contributed by atoms with van der Waals surface area (Å²) in [5.41, 5.74) is 3.03. The van der Waals surface area contributed by atoms with Crippen LogP contribution in [-0.4, -0.2) is 18.9 Å². The van der Waals surface area contributed by atoms with E-state index in [1.54, 1.807) is 7.05 Å². The van der Waals surface area contributed by atoms with Crippen LogP contribution in [-0.2, 0) is 17.9 Å². The maximum atomic E-state index is 11.7. The lowest BCUT2D eigenvalue weighted by molar-refractivity contribution is -0.118. The van der Waals surface area contributed by atoms with Crippen LogP contribution < -0.4 is 16.0 Å². The Morgan fingerprint density at radius 2 is 1.44 bits per heavy atom. The molecular weight excluding hydrogens is 475 g/mol. The molecule has 0 heterocycles. The minimum atomic E-state index is -0.0358. The van der Waals surface area contributed by atoms with Gasteiger partial charge in [-0.25, -0.2) is 0 Å². The summed E-state index contributed by atoms with van der Waals surface area (Å²) < 4.78 is 0. The largest absolute Gasteiger partial charge is 0.352 e. The van der Waals surface area contributed by atoms with E-state index in [2.05, 4.69) is 20.9 Å². The predicted octanol–water partition coefficient (Wildman–Crippen LogP) is 4.42. The zero-order valence-electron chi connectivity index (χ0n) is 15.8. The highest BCUT2D eigenvalue weighted by atomic mass is 127. The number of nitrogens with one attached hydrogen (secondary N) is 3. The molecule has 0 aliphatic rings. The molecule has 0 unspecified atom stereocenters. The summed E-state index contributed by atoms with van der Waals surface area (Å²) in [6.07, 6.45) is 0. The zero-order valence-corrected chi connectivity index (χ0v) is 18.8. The normalized spacial score (nSPS) is 10.9. The van der Waals surface area contributed by atoms with Crippen molar-refractivity contribution in [2.24, 2.45) is 10.9 Å². The fourth-order valence-electron chi connectivity index (χ4n) is 2.19. The number of hydrogen-bond acceptors (Lipinski definition) is 2. The first kappa shape index (κ1) is 23.2. The van der Waals surface area contributed by atoms with Gasteiger partial charge in [0.25, 0.3) is 0 Å². The minimum Gasteiger partial charge on any atom is -0.352 e. The summed E-state index contributed by atoms with van der Waals surface area (Å²) in [5.74, 6) is 0.700. The fraction of sp³-hybridized carbons (Fsp3) is 0.300. The highest BCUT2D eigenvalue weighted by molar-refractivity contribution is 14.0. The highest BCUT2D eigenvalue weighted by Crippen LogP contribution is 2.11. The number of benzene rings is 2. The first-order chi connectivity index (χ1) is 12.5. The molecule has 5 nitrogen and oxygen atoms in total. The quantitative estimate of drug-likeness (QED) is 0.313. The Hall–Kier alpha value is -1.80. The zero-order chi connectivity index (χ0) is 18.9. The molecule has 1 amide bonds. The Balaban J connectivity index is 0.00000364. The molecule has 0 bridgehead atoms. The van der Waals surface area contributed by atoms with E-state index >= 15 is 0 Å². The second-order valence-corrected chi connectivity index (χ2v) is 6.68. The summed E-state index contributed by atoms with van der Waals surface area (Å²) in [6, 6.07) is 15.5. The van der Waals surface area contributed by atoms with E-state index in [9.17, 15) is 4.79 Å². The van der Waals surface area contributed by atoms with Crippen LogP contribution in [0, 0.1) is 5.92 Å². The van der Waals surface area contributed by atoms with Gasteiger partial charge in [-0.1, -0.05) is 49.7 Å². The van der Waals surface area contributed by atoms with Crippen LogP contribution in [0.15, 0.2) is 53.5 Å². The van der Waals surface area contributed by atoms with Gasteiger partial charge in [0.1, 0.15) is 0 Å². The van der Waals surface area contributed by atoms with Crippen molar-refractivity contribution in [1.82, 2.24) is 10.6 Å². The van der Waals surface area contributed by atoms with E-state index < -0.39 is 0 Å². The van der Waals surface area contributed by atoms with Crippen molar-refractivity contribution >= 4 is 53.1 Å². The van der Waals surface area contributed by atoms with E-state index in [0.29, 0.717) is 13.1 Å². The molecule has 0 aromatic heterocycles. The Morgan fingerprint density at radius 1 is 0.963 bits per heavy atom. The molecule has 27 heavy (non-hydrogen) atoms. The van der Waals surface area contributed by atoms with Gasteiger partial charge in [0.15, 0.2) is 5.96 Å². The molecule has 0 atom stereocenters. The number of aliphatic imine (C=N–C) groups is 1. The smallest absolute Gasteiger partial charge is 0.226 e. The molecule has 0 radical (unpaired) electrons. The number of carbonyl (C=O) groups is 1. The molecule has 146 valence electrons. The van der Waals surface area contributed by atoms with Crippen LogP contribution in [0.25, 0.3) is 0 Å². The van der Waals surface area contributed by atoms with Crippen LogP contribution in [0.2, 0.25) is 5.02 Å². The number of hydrogen-bond donors (Lipinski definition) is 3. The third-order valence-electron chi connectivity index (χ3n) is 3.80. The van der Waals surface area contributed by atoms with Crippen LogP contribution in [0.1, 0.15) is 25.0 Å². The molecule has 0 saturated heterocycles. The fourth-order valence-corrected chi connectivity index (χ4v) is 2.31. The lowest BCUT2D eigenvalue weighted by Crippen LogP contribution is -2.36. The molecule has 3 N–H and O–H groups in total. The maximum absolute atomic E-state index is 11.7. The molecule has 2 aromatic rings. The van der Waals surface area contributed by atoms with Gasteiger partial charge in [0.05, 0.1) is 0 Å². The average Bonchev–Trinajstić information content (AvgIpc) is 2.64. The van der Waals surface area contributed by atoms with Crippen molar-refractivity contribution < 1.29 is 4.79 Å². The third-order valence-corrected chi connectivity index (χ3v) is 4.05. The lowest BCUT2D eigenvalue weighted by atomic mass is 10.1. The highest BCUT2D eigenvalue weighted by Gasteiger charge is 2.06. The van der Waals surface area contributed by atoms with Crippen molar-refractivity contribution in [2.75, 3.05) is 12.4 Å². The number of carbonyl (C=O) groups excluding carboxylic acids is 1. The van der Waals surface area contributed by atoms with E-state index in [1.165, 1.54) is 0 Å². The van der Waals surface area contributed by atoms with Crippen molar-refractivity contribution in [3.8, 4) is 0 Å². The summed E-state index contributed by atoms with van der Waals surface area (Å²) >= 11 is 5.89. The SMILES string of the molecule is CN=C(NCc1ccc(Cl)cc1)NCc1ccc(NC(=O)C(C)C)cc1.I. The average molecular weight is 501 g/mol. The van der Waals surface area contributed by atoms with Crippen molar-refractivity contribution in [2.45, 2.75) is 26.9 Å². The van der Waals surface area contributed by atoms with E-state index in [4.69, 9.17) is 11.6 Å². The lowest BCUT2D eigenvalue weighted by Gasteiger charge is -2.13. The van der Waals surface area contributed by atoms with E-state index in [-0.39, 0.29) is 35.8 Å². The van der Waals surface area contributed by atoms with Crippen LogP contribution >= 0.6 is 35.6 Å². The summed E-state index contributed by atoms with van der Waals surface area (Å²) in [7, 11) is 1.74. The first-order valence-corrected chi connectivity index (χ1v) is 8.94. The van der Waals surface area contributed by atoms with Crippen molar-refractivity contribution in [1.29, 1.82) is 0 Å². The molecule has 2 aromatic carbocycles. The predicted molar refractivity (Wildman–Crippen MR) is 124 cm³/mol. The summed E-state index contributed by atoms with van der Waals surface area (Å²) in [4.78, 5) is 15.9. The summed E-state index contributed by atoms with van der Waals surface area (Å²) in [6.45, 7) is 5.04. The minimum absolute atomic E-state index is 0. The molecule has 0 fully saturated rings. The Labute approximate surface area is 183 Å². The molecule has 0 spiro atoms. The number of guanidine groups is 1. The Morgan fingerprint density at radius 3 is 1.89 bits per heavy atom. The number of rotatable bonds is 6. The second-order valence-electron chi connectivity index (χ2n) is 6.25. The molecule has 7 heteroatoms. The first-order valence-electron chi connectivity index (χ1n) is 8.56. The van der Waals surface area contributed by atoms with Gasteiger partial charge in [-0.15, -0.1) is 24.0 Å². The molecule has 2 rings (SSSR count). The Kier molecular flexibility index (Phi) is 10.2. The van der Waals surface area contributed by atoms with Gasteiger partial charge >= 0.3 is 0 Å². The second kappa shape index (κ2) is 11.8. The summed E-state index contributed by atoms with van der Waals surface area (Å²) in [5, 5.41) is 10.1.